The Bertz CT molecular complexity index is 489. The Morgan fingerprint density at radius 3 is 2.45 bits per heavy atom. The van der Waals surface area contributed by atoms with Gasteiger partial charge in [0, 0.05) is 13.7 Å². The number of rotatable bonds is 6. The first-order valence-corrected chi connectivity index (χ1v) is 7.75. The molecule has 0 aromatic heterocycles. The SMILES string of the molecule is CCCOC.O=C(O)C1(CCc2ccccc2)C=CC=CC1. The van der Waals surface area contributed by atoms with Crippen LogP contribution >= 0.6 is 0 Å². The molecule has 0 saturated carbocycles. The standard InChI is InChI=1S/C15H16O2.C4H10O/c16-14(17)15(10-5-2-6-11-15)12-9-13-7-3-1-4-8-13;1-3-4-5-2/h1-8,10H,9,11-12H2,(H,16,17);3-4H2,1-2H3. The van der Waals surface area contributed by atoms with Crippen LogP contribution in [-0.4, -0.2) is 24.8 Å². The van der Waals surface area contributed by atoms with Crippen molar-refractivity contribution < 1.29 is 14.6 Å². The maximum Gasteiger partial charge on any atom is 0.313 e. The lowest BCUT2D eigenvalue weighted by atomic mass is 9.77. The molecular weight excluding hydrogens is 276 g/mol. The molecule has 1 aliphatic rings. The molecule has 1 aromatic carbocycles. The third kappa shape index (κ3) is 5.86. The predicted molar refractivity (Wildman–Crippen MR) is 89.9 cm³/mol. The summed E-state index contributed by atoms with van der Waals surface area (Å²) in [5, 5.41) is 9.38. The molecule has 0 saturated heterocycles. The van der Waals surface area contributed by atoms with Crippen LogP contribution in [-0.2, 0) is 16.0 Å². The highest BCUT2D eigenvalue weighted by Crippen LogP contribution is 2.33. The minimum Gasteiger partial charge on any atom is -0.481 e. The van der Waals surface area contributed by atoms with Crippen LogP contribution in [0.1, 0.15) is 31.7 Å². The molecule has 1 aromatic rings. The van der Waals surface area contributed by atoms with Crippen LogP contribution in [0.15, 0.2) is 54.6 Å². The fourth-order valence-electron chi connectivity index (χ4n) is 2.33. The van der Waals surface area contributed by atoms with Gasteiger partial charge >= 0.3 is 5.97 Å². The number of carboxylic acids is 1. The number of carboxylic acid groups (broad SMARTS) is 1. The number of hydrogen-bond acceptors (Lipinski definition) is 2. The van der Waals surface area contributed by atoms with Gasteiger partial charge < -0.3 is 9.84 Å². The van der Waals surface area contributed by atoms with Crippen molar-refractivity contribution in [2.45, 2.75) is 32.6 Å². The molecule has 1 atom stereocenters. The Morgan fingerprint density at radius 2 is 2.00 bits per heavy atom. The number of benzene rings is 1. The molecule has 0 bridgehead atoms. The van der Waals surface area contributed by atoms with Gasteiger partial charge in [-0.1, -0.05) is 61.6 Å². The normalized spacial score (nSPS) is 19.4. The van der Waals surface area contributed by atoms with E-state index in [2.05, 4.69) is 6.92 Å². The molecule has 0 heterocycles. The van der Waals surface area contributed by atoms with Crippen molar-refractivity contribution in [3.63, 3.8) is 0 Å². The Labute approximate surface area is 133 Å². The fraction of sp³-hybridized carbons (Fsp3) is 0.421. The summed E-state index contributed by atoms with van der Waals surface area (Å²) < 4.78 is 4.69. The Morgan fingerprint density at radius 1 is 1.27 bits per heavy atom. The van der Waals surface area contributed by atoms with E-state index in [9.17, 15) is 9.90 Å². The zero-order valence-electron chi connectivity index (χ0n) is 13.5. The largest absolute Gasteiger partial charge is 0.481 e. The Kier molecular flexibility index (Phi) is 8.23. The first-order valence-electron chi connectivity index (χ1n) is 7.75. The summed E-state index contributed by atoms with van der Waals surface area (Å²) in [6.07, 6.45) is 10.6. The number of aryl methyl sites for hydroxylation is 1. The van der Waals surface area contributed by atoms with Crippen molar-refractivity contribution in [1.82, 2.24) is 0 Å². The van der Waals surface area contributed by atoms with Crippen molar-refractivity contribution in [3.8, 4) is 0 Å². The Balaban J connectivity index is 0.000000422. The smallest absolute Gasteiger partial charge is 0.313 e. The molecule has 3 nitrogen and oxygen atoms in total. The van der Waals surface area contributed by atoms with E-state index in [0.717, 1.165) is 19.4 Å². The summed E-state index contributed by atoms with van der Waals surface area (Å²) in [4.78, 5) is 11.4. The lowest BCUT2D eigenvalue weighted by molar-refractivity contribution is -0.146. The molecule has 0 amide bonds. The third-order valence-electron chi connectivity index (χ3n) is 3.68. The summed E-state index contributed by atoms with van der Waals surface area (Å²) in [7, 11) is 1.71. The topological polar surface area (TPSA) is 46.5 Å². The highest BCUT2D eigenvalue weighted by molar-refractivity contribution is 5.77. The van der Waals surface area contributed by atoms with E-state index in [4.69, 9.17) is 4.74 Å². The van der Waals surface area contributed by atoms with Crippen molar-refractivity contribution in [2.24, 2.45) is 5.41 Å². The van der Waals surface area contributed by atoms with Crippen LogP contribution in [0.2, 0.25) is 0 Å². The van der Waals surface area contributed by atoms with E-state index in [1.807, 2.05) is 54.6 Å². The van der Waals surface area contributed by atoms with Crippen LogP contribution in [0.5, 0.6) is 0 Å². The van der Waals surface area contributed by atoms with Crippen LogP contribution in [0, 0.1) is 5.41 Å². The van der Waals surface area contributed by atoms with E-state index in [0.29, 0.717) is 12.8 Å². The van der Waals surface area contributed by atoms with Crippen LogP contribution in [0.3, 0.4) is 0 Å². The molecule has 1 aliphatic carbocycles. The third-order valence-corrected chi connectivity index (χ3v) is 3.68. The fourth-order valence-corrected chi connectivity index (χ4v) is 2.33. The van der Waals surface area contributed by atoms with Crippen molar-refractivity contribution in [1.29, 1.82) is 0 Å². The minimum absolute atomic E-state index is 0.589. The maximum absolute atomic E-state index is 11.4. The number of allylic oxidation sites excluding steroid dienone is 3. The summed E-state index contributed by atoms with van der Waals surface area (Å²) in [5.74, 6) is -0.728. The highest BCUT2D eigenvalue weighted by Gasteiger charge is 2.34. The quantitative estimate of drug-likeness (QED) is 0.854. The molecule has 1 N–H and O–H groups in total. The number of hydrogen-bond donors (Lipinski definition) is 1. The molecule has 120 valence electrons. The first kappa shape index (κ1) is 18.2. The number of ether oxygens (including phenoxy) is 1. The average molecular weight is 302 g/mol. The highest BCUT2D eigenvalue weighted by atomic mass is 16.5. The lowest BCUT2D eigenvalue weighted by Gasteiger charge is -2.26. The average Bonchev–Trinajstić information content (AvgIpc) is 2.56. The minimum atomic E-state index is -0.728. The van der Waals surface area contributed by atoms with Crippen LogP contribution in [0.4, 0.5) is 0 Å². The molecule has 0 spiro atoms. The van der Waals surface area contributed by atoms with Gasteiger partial charge in [0.2, 0.25) is 0 Å². The second-order valence-corrected chi connectivity index (χ2v) is 5.43. The van der Waals surface area contributed by atoms with Crippen molar-refractivity contribution >= 4 is 5.97 Å². The molecule has 1 unspecified atom stereocenters. The molecule has 2 rings (SSSR count). The molecule has 22 heavy (non-hydrogen) atoms. The van der Waals surface area contributed by atoms with Gasteiger partial charge in [0.25, 0.3) is 0 Å². The van der Waals surface area contributed by atoms with E-state index in [1.54, 1.807) is 7.11 Å². The van der Waals surface area contributed by atoms with Crippen LogP contribution in [0.25, 0.3) is 0 Å². The number of methoxy groups -OCH3 is 1. The summed E-state index contributed by atoms with van der Waals surface area (Å²) in [5.41, 5.74) is 0.473. The van der Waals surface area contributed by atoms with Crippen molar-refractivity contribution in [2.75, 3.05) is 13.7 Å². The Hall–Kier alpha value is -1.87. The number of carbonyl (C=O) groups is 1. The van der Waals surface area contributed by atoms with E-state index in [1.165, 1.54) is 5.56 Å². The van der Waals surface area contributed by atoms with Gasteiger partial charge in [-0.15, -0.1) is 0 Å². The zero-order chi connectivity index (χ0) is 16.3. The van der Waals surface area contributed by atoms with Crippen molar-refractivity contribution in [3.05, 3.63) is 60.2 Å². The van der Waals surface area contributed by atoms with Gasteiger partial charge in [-0.3, -0.25) is 4.79 Å². The molecule has 0 fully saturated rings. The molecule has 0 radical (unpaired) electrons. The molecule has 0 aliphatic heterocycles. The summed E-state index contributed by atoms with van der Waals surface area (Å²) >= 11 is 0. The van der Waals surface area contributed by atoms with Crippen LogP contribution < -0.4 is 0 Å². The molecule has 3 heteroatoms. The summed E-state index contributed by atoms with van der Waals surface area (Å²) in [6.45, 7) is 2.98. The molecular formula is C19H26O3. The van der Waals surface area contributed by atoms with Gasteiger partial charge in [0.1, 0.15) is 0 Å². The van der Waals surface area contributed by atoms with Gasteiger partial charge in [-0.05, 0) is 31.2 Å². The summed E-state index contributed by atoms with van der Waals surface area (Å²) in [6, 6.07) is 10.0. The zero-order valence-corrected chi connectivity index (χ0v) is 13.5. The second kappa shape index (κ2) is 9.96. The van der Waals surface area contributed by atoms with Gasteiger partial charge in [-0.2, -0.15) is 0 Å². The monoisotopic (exact) mass is 302 g/mol. The van der Waals surface area contributed by atoms with E-state index >= 15 is 0 Å². The van der Waals surface area contributed by atoms with E-state index in [-0.39, 0.29) is 0 Å². The predicted octanol–water partition coefficient (Wildman–Crippen LogP) is 4.25. The van der Waals surface area contributed by atoms with Gasteiger partial charge in [0.15, 0.2) is 0 Å². The van der Waals surface area contributed by atoms with Gasteiger partial charge in [-0.25, -0.2) is 0 Å². The first-order chi connectivity index (χ1) is 10.6. The number of aliphatic carboxylic acids is 1. The van der Waals surface area contributed by atoms with E-state index < -0.39 is 11.4 Å². The lowest BCUT2D eigenvalue weighted by Crippen LogP contribution is -2.30. The van der Waals surface area contributed by atoms with Gasteiger partial charge in [0.05, 0.1) is 5.41 Å². The maximum atomic E-state index is 11.4. The second-order valence-electron chi connectivity index (χ2n) is 5.43.